The molecule has 0 heterocycles. The molecule has 70 valence electrons. The van der Waals surface area contributed by atoms with Crippen LogP contribution in [-0.2, 0) is 0 Å². The van der Waals surface area contributed by atoms with Crippen molar-refractivity contribution in [1.82, 2.24) is 0 Å². The van der Waals surface area contributed by atoms with E-state index in [-0.39, 0.29) is 5.60 Å². The fourth-order valence-electron chi connectivity index (χ4n) is 2.01. The summed E-state index contributed by atoms with van der Waals surface area (Å²) in [6, 6.07) is 0. The van der Waals surface area contributed by atoms with E-state index in [9.17, 15) is 5.11 Å². The summed E-state index contributed by atoms with van der Waals surface area (Å²) in [5.41, 5.74) is -0.356. The highest BCUT2D eigenvalue weighted by atomic mass is 16.3. The predicted octanol–water partition coefficient (Wildman–Crippen LogP) is 3.04. The van der Waals surface area contributed by atoms with Crippen LogP contribution in [0.25, 0.3) is 0 Å². The molecule has 1 saturated carbocycles. The first kappa shape index (κ1) is 9.79. The van der Waals surface area contributed by atoms with Crippen molar-refractivity contribution in [2.24, 2.45) is 0 Å². The van der Waals surface area contributed by atoms with E-state index in [0.29, 0.717) is 0 Å². The number of hydrogen-bond donors (Lipinski definition) is 1. The zero-order valence-electron chi connectivity index (χ0n) is 7.89. The zero-order valence-corrected chi connectivity index (χ0v) is 7.89. The molecule has 1 aliphatic rings. The highest BCUT2D eigenvalue weighted by molar-refractivity contribution is 4.83. The molecule has 0 saturated heterocycles. The van der Waals surface area contributed by atoms with Crippen molar-refractivity contribution in [1.29, 1.82) is 0 Å². The smallest absolute Gasteiger partial charge is 0.0650 e. The van der Waals surface area contributed by atoms with Crippen LogP contribution in [0.2, 0.25) is 0 Å². The Labute approximate surface area is 75.5 Å². The summed E-state index contributed by atoms with van der Waals surface area (Å²) in [6.45, 7) is 3.69. The average Bonchev–Trinajstić information content (AvgIpc) is 2.27. The monoisotopic (exact) mass is 168 g/mol. The largest absolute Gasteiger partial charge is 0.390 e. The van der Waals surface area contributed by atoms with Crippen LogP contribution in [0.4, 0.5) is 0 Å². The Bertz CT molecular complexity index is 132. The van der Waals surface area contributed by atoms with E-state index in [2.05, 4.69) is 6.58 Å². The van der Waals surface area contributed by atoms with Crippen LogP contribution in [0.3, 0.4) is 0 Å². The van der Waals surface area contributed by atoms with Gasteiger partial charge in [0.1, 0.15) is 0 Å². The minimum absolute atomic E-state index is 0.356. The number of aliphatic hydroxyl groups is 1. The molecule has 0 atom stereocenters. The van der Waals surface area contributed by atoms with Gasteiger partial charge in [-0.15, -0.1) is 6.58 Å². The summed E-state index contributed by atoms with van der Waals surface area (Å²) in [5.74, 6) is 0. The third-order valence-electron chi connectivity index (χ3n) is 2.85. The van der Waals surface area contributed by atoms with Crippen LogP contribution in [0.1, 0.15) is 51.4 Å². The molecular weight excluding hydrogens is 148 g/mol. The minimum Gasteiger partial charge on any atom is -0.390 e. The minimum atomic E-state index is -0.356. The molecule has 1 aliphatic carbocycles. The molecule has 1 rings (SSSR count). The molecule has 12 heavy (non-hydrogen) atoms. The second-order valence-corrected chi connectivity index (χ2v) is 3.97. The molecule has 1 N–H and O–H groups in total. The van der Waals surface area contributed by atoms with Crippen LogP contribution in [0.5, 0.6) is 0 Å². The Morgan fingerprint density at radius 3 is 2.25 bits per heavy atom. The van der Waals surface area contributed by atoms with E-state index in [4.69, 9.17) is 0 Å². The summed E-state index contributed by atoms with van der Waals surface area (Å²) in [7, 11) is 0. The highest BCUT2D eigenvalue weighted by Gasteiger charge is 2.26. The van der Waals surface area contributed by atoms with Crippen molar-refractivity contribution in [3.63, 3.8) is 0 Å². The second kappa shape index (κ2) is 4.66. The Morgan fingerprint density at radius 1 is 1.17 bits per heavy atom. The van der Waals surface area contributed by atoms with Crippen LogP contribution >= 0.6 is 0 Å². The fraction of sp³-hybridized carbons (Fsp3) is 0.818. The molecule has 0 aromatic carbocycles. The van der Waals surface area contributed by atoms with Gasteiger partial charge in [0.15, 0.2) is 0 Å². The van der Waals surface area contributed by atoms with Crippen molar-refractivity contribution in [3.05, 3.63) is 12.7 Å². The maximum atomic E-state index is 10.1. The molecule has 1 nitrogen and oxygen atoms in total. The summed E-state index contributed by atoms with van der Waals surface area (Å²) in [5, 5.41) is 10.1. The lowest BCUT2D eigenvalue weighted by molar-refractivity contribution is 0.0174. The molecule has 0 unspecified atom stereocenters. The summed E-state index contributed by atoms with van der Waals surface area (Å²) in [6.07, 6.45) is 10.8. The van der Waals surface area contributed by atoms with Gasteiger partial charge in [-0.3, -0.25) is 0 Å². The number of allylic oxidation sites excluding steroid dienone is 1. The second-order valence-electron chi connectivity index (χ2n) is 3.97. The van der Waals surface area contributed by atoms with E-state index in [1.165, 1.54) is 25.7 Å². The lowest BCUT2D eigenvalue weighted by Crippen LogP contribution is -2.27. The Hall–Kier alpha value is -0.300. The van der Waals surface area contributed by atoms with Gasteiger partial charge in [0, 0.05) is 0 Å². The molecule has 0 bridgehead atoms. The van der Waals surface area contributed by atoms with Gasteiger partial charge in [0.25, 0.3) is 0 Å². The van der Waals surface area contributed by atoms with Gasteiger partial charge >= 0.3 is 0 Å². The summed E-state index contributed by atoms with van der Waals surface area (Å²) >= 11 is 0. The van der Waals surface area contributed by atoms with Crippen molar-refractivity contribution in [3.8, 4) is 0 Å². The van der Waals surface area contributed by atoms with Crippen molar-refractivity contribution >= 4 is 0 Å². The van der Waals surface area contributed by atoms with Gasteiger partial charge in [0.2, 0.25) is 0 Å². The first-order valence-electron chi connectivity index (χ1n) is 5.10. The van der Waals surface area contributed by atoms with E-state index in [1.54, 1.807) is 0 Å². The van der Waals surface area contributed by atoms with E-state index in [1.807, 2.05) is 6.08 Å². The van der Waals surface area contributed by atoms with Crippen LogP contribution < -0.4 is 0 Å². The summed E-state index contributed by atoms with van der Waals surface area (Å²) < 4.78 is 0. The molecule has 0 aromatic rings. The van der Waals surface area contributed by atoms with Crippen molar-refractivity contribution in [2.45, 2.75) is 57.0 Å². The normalized spacial score (nSPS) is 23.1. The molecule has 0 aromatic heterocycles. The molecule has 0 amide bonds. The SMILES string of the molecule is C=CCCC1(O)CCCCCC1. The molecule has 1 fully saturated rings. The molecule has 0 spiro atoms. The van der Waals surface area contributed by atoms with Crippen LogP contribution in [0.15, 0.2) is 12.7 Å². The predicted molar refractivity (Wildman–Crippen MR) is 52.1 cm³/mol. The third kappa shape index (κ3) is 2.98. The molecule has 0 aliphatic heterocycles. The molecular formula is C11H20O. The molecule has 0 radical (unpaired) electrons. The Balaban J connectivity index is 2.36. The van der Waals surface area contributed by atoms with E-state index < -0.39 is 0 Å². The maximum absolute atomic E-state index is 10.1. The van der Waals surface area contributed by atoms with Gasteiger partial charge < -0.3 is 5.11 Å². The lowest BCUT2D eigenvalue weighted by Gasteiger charge is -2.25. The first-order chi connectivity index (χ1) is 5.77. The quantitative estimate of drug-likeness (QED) is 0.507. The summed E-state index contributed by atoms with van der Waals surface area (Å²) in [4.78, 5) is 0. The number of hydrogen-bond acceptors (Lipinski definition) is 1. The number of rotatable bonds is 3. The van der Waals surface area contributed by atoms with Gasteiger partial charge in [-0.1, -0.05) is 31.8 Å². The van der Waals surface area contributed by atoms with Gasteiger partial charge in [-0.2, -0.15) is 0 Å². The average molecular weight is 168 g/mol. The van der Waals surface area contributed by atoms with Gasteiger partial charge in [-0.25, -0.2) is 0 Å². The van der Waals surface area contributed by atoms with E-state index >= 15 is 0 Å². The lowest BCUT2D eigenvalue weighted by atomic mass is 9.89. The highest BCUT2D eigenvalue weighted by Crippen LogP contribution is 2.30. The van der Waals surface area contributed by atoms with E-state index in [0.717, 1.165) is 25.7 Å². The standard InChI is InChI=1S/C11H20O/c1-2-3-8-11(12)9-6-4-5-7-10-11/h2,12H,1,3-10H2. The third-order valence-corrected chi connectivity index (χ3v) is 2.85. The maximum Gasteiger partial charge on any atom is 0.0650 e. The zero-order chi connectivity index (χ0) is 8.86. The first-order valence-corrected chi connectivity index (χ1v) is 5.10. The van der Waals surface area contributed by atoms with Crippen molar-refractivity contribution < 1.29 is 5.11 Å². The van der Waals surface area contributed by atoms with Crippen LogP contribution in [-0.4, -0.2) is 10.7 Å². The van der Waals surface area contributed by atoms with Gasteiger partial charge in [-0.05, 0) is 25.7 Å². The van der Waals surface area contributed by atoms with Crippen LogP contribution in [0, 0.1) is 0 Å². The topological polar surface area (TPSA) is 20.2 Å². The Kier molecular flexibility index (Phi) is 3.80. The van der Waals surface area contributed by atoms with Crippen molar-refractivity contribution in [2.75, 3.05) is 0 Å². The van der Waals surface area contributed by atoms with Gasteiger partial charge in [0.05, 0.1) is 5.60 Å². The fourth-order valence-corrected chi connectivity index (χ4v) is 2.01. The molecule has 1 heteroatoms. The Morgan fingerprint density at radius 2 is 1.75 bits per heavy atom.